The van der Waals surface area contributed by atoms with E-state index in [0.717, 1.165) is 13.0 Å². The van der Waals surface area contributed by atoms with E-state index in [1.54, 1.807) is 0 Å². The first kappa shape index (κ1) is 18.0. The second-order valence-corrected chi connectivity index (χ2v) is 5.73. The summed E-state index contributed by atoms with van der Waals surface area (Å²) in [5.41, 5.74) is 4.20. The Morgan fingerprint density at radius 2 is 1.95 bits per heavy atom. The molecule has 0 heterocycles. The van der Waals surface area contributed by atoms with Crippen LogP contribution in [0.25, 0.3) is 0 Å². The molecular weight excluding hydrogens is 284 g/mol. The van der Waals surface area contributed by atoms with Gasteiger partial charge in [-0.2, -0.15) is 0 Å². The van der Waals surface area contributed by atoms with Crippen LogP contribution in [-0.2, 0) is 17.6 Å². The summed E-state index contributed by atoms with van der Waals surface area (Å²) in [6.45, 7) is 2.96. The molecule has 4 heteroatoms. The molecule has 3 nitrogen and oxygen atoms in total. The molecule has 21 heavy (non-hydrogen) atoms. The Hall–Kier alpha value is -1.06. The van der Waals surface area contributed by atoms with Crippen molar-refractivity contribution in [2.45, 2.75) is 51.5 Å². The van der Waals surface area contributed by atoms with Gasteiger partial charge < -0.3 is 10.6 Å². The average molecular weight is 311 g/mol. The molecule has 1 aromatic carbocycles. The lowest BCUT2D eigenvalue weighted by Gasteiger charge is -2.20. The second-order valence-electron chi connectivity index (χ2n) is 5.73. The summed E-state index contributed by atoms with van der Waals surface area (Å²) in [5.74, 6) is 0.144. The smallest absolute Gasteiger partial charge is 0.220 e. The molecule has 1 aliphatic rings. The first-order valence-electron chi connectivity index (χ1n) is 7.76. The molecule has 1 amide bonds. The van der Waals surface area contributed by atoms with Crippen LogP contribution in [0.4, 0.5) is 0 Å². The van der Waals surface area contributed by atoms with Crippen molar-refractivity contribution in [2.24, 2.45) is 0 Å². The molecule has 0 radical (unpaired) electrons. The summed E-state index contributed by atoms with van der Waals surface area (Å²) in [6.07, 6.45) is 6.48. The predicted octanol–water partition coefficient (Wildman–Crippen LogP) is 3.16. The Balaban J connectivity index is 0.00000220. The molecule has 1 aliphatic carbocycles. The zero-order valence-corrected chi connectivity index (χ0v) is 13.9. The number of hydrogen-bond acceptors (Lipinski definition) is 2. The number of amides is 1. The lowest BCUT2D eigenvalue weighted by molar-refractivity contribution is -0.121. The number of nitrogens with one attached hydrogen (secondary N) is 2. The van der Waals surface area contributed by atoms with Crippen molar-refractivity contribution in [3.63, 3.8) is 0 Å². The predicted molar refractivity (Wildman–Crippen MR) is 90.1 cm³/mol. The molecule has 0 bridgehead atoms. The minimum absolute atomic E-state index is 0. The molecule has 1 atom stereocenters. The van der Waals surface area contributed by atoms with E-state index < -0.39 is 0 Å². The highest BCUT2D eigenvalue weighted by Crippen LogP contribution is 2.24. The molecule has 2 rings (SSSR count). The van der Waals surface area contributed by atoms with Crippen molar-refractivity contribution < 1.29 is 4.79 Å². The first-order valence-corrected chi connectivity index (χ1v) is 7.76. The maximum Gasteiger partial charge on any atom is 0.220 e. The fourth-order valence-electron chi connectivity index (χ4n) is 2.85. The SMILES string of the molecule is CNCCCC(=O)NC(C)c1ccc2c(c1)CCCC2.Cl. The van der Waals surface area contributed by atoms with E-state index in [2.05, 4.69) is 35.8 Å². The van der Waals surface area contributed by atoms with Gasteiger partial charge in [-0.3, -0.25) is 4.79 Å². The monoisotopic (exact) mass is 310 g/mol. The number of aryl methyl sites for hydroxylation is 2. The van der Waals surface area contributed by atoms with Crippen LogP contribution in [0.3, 0.4) is 0 Å². The molecule has 0 saturated heterocycles. The van der Waals surface area contributed by atoms with Gasteiger partial charge in [0.25, 0.3) is 0 Å². The number of rotatable bonds is 6. The van der Waals surface area contributed by atoms with Gasteiger partial charge in [-0.1, -0.05) is 18.2 Å². The molecule has 0 aliphatic heterocycles. The minimum Gasteiger partial charge on any atom is -0.350 e. The maximum absolute atomic E-state index is 11.9. The molecule has 118 valence electrons. The third-order valence-electron chi connectivity index (χ3n) is 4.08. The molecule has 1 unspecified atom stereocenters. The topological polar surface area (TPSA) is 41.1 Å². The third kappa shape index (κ3) is 5.33. The van der Waals surface area contributed by atoms with Crippen LogP contribution in [0.2, 0.25) is 0 Å². The fourth-order valence-corrected chi connectivity index (χ4v) is 2.85. The van der Waals surface area contributed by atoms with Gasteiger partial charge in [0.15, 0.2) is 0 Å². The van der Waals surface area contributed by atoms with E-state index in [1.165, 1.54) is 42.4 Å². The Morgan fingerprint density at radius 3 is 2.67 bits per heavy atom. The molecule has 2 N–H and O–H groups in total. The number of carbonyl (C=O) groups is 1. The van der Waals surface area contributed by atoms with Crippen molar-refractivity contribution in [2.75, 3.05) is 13.6 Å². The van der Waals surface area contributed by atoms with E-state index >= 15 is 0 Å². The van der Waals surface area contributed by atoms with Crippen LogP contribution in [0.5, 0.6) is 0 Å². The summed E-state index contributed by atoms with van der Waals surface area (Å²) >= 11 is 0. The molecular formula is C17H27ClN2O. The Labute approximate surface area is 134 Å². The number of hydrogen-bond donors (Lipinski definition) is 2. The van der Waals surface area contributed by atoms with E-state index in [1.807, 2.05) is 7.05 Å². The highest BCUT2D eigenvalue weighted by Gasteiger charge is 2.13. The number of fused-ring (bicyclic) bond motifs is 1. The Bertz CT molecular complexity index is 462. The van der Waals surface area contributed by atoms with Crippen molar-refractivity contribution in [3.8, 4) is 0 Å². The summed E-state index contributed by atoms with van der Waals surface area (Å²) in [6, 6.07) is 6.80. The van der Waals surface area contributed by atoms with Gasteiger partial charge >= 0.3 is 0 Å². The number of benzene rings is 1. The van der Waals surface area contributed by atoms with Gasteiger partial charge in [-0.05, 0) is 69.3 Å². The molecule has 0 fully saturated rings. The van der Waals surface area contributed by atoms with Crippen LogP contribution < -0.4 is 10.6 Å². The molecule has 0 aromatic heterocycles. The van der Waals surface area contributed by atoms with Crippen molar-refractivity contribution in [3.05, 3.63) is 34.9 Å². The zero-order valence-electron chi connectivity index (χ0n) is 13.1. The minimum atomic E-state index is 0. The van der Waals surface area contributed by atoms with E-state index in [0.29, 0.717) is 6.42 Å². The van der Waals surface area contributed by atoms with Crippen molar-refractivity contribution in [1.29, 1.82) is 0 Å². The third-order valence-corrected chi connectivity index (χ3v) is 4.08. The lowest BCUT2D eigenvalue weighted by atomic mass is 9.89. The first-order chi connectivity index (χ1) is 9.70. The number of halogens is 1. The van der Waals surface area contributed by atoms with Crippen LogP contribution in [0, 0.1) is 0 Å². The maximum atomic E-state index is 11.9. The molecule has 1 aromatic rings. The zero-order chi connectivity index (χ0) is 14.4. The highest BCUT2D eigenvalue weighted by molar-refractivity contribution is 5.85. The average Bonchev–Trinajstić information content (AvgIpc) is 2.47. The van der Waals surface area contributed by atoms with Crippen LogP contribution in [-0.4, -0.2) is 19.5 Å². The van der Waals surface area contributed by atoms with E-state index in [-0.39, 0.29) is 24.4 Å². The largest absolute Gasteiger partial charge is 0.350 e. The molecule has 0 saturated carbocycles. The van der Waals surface area contributed by atoms with E-state index in [9.17, 15) is 4.79 Å². The number of carbonyl (C=O) groups excluding carboxylic acids is 1. The van der Waals surface area contributed by atoms with Gasteiger partial charge in [0.2, 0.25) is 5.91 Å². The van der Waals surface area contributed by atoms with Gasteiger partial charge in [0.1, 0.15) is 0 Å². The fraction of sp³-hybridized carbons (Fsp3) is 0.588. The quantitative estimate of drug-likeness (QED) is 0.792. The van der Waals surface area contributed by atoms with Gasteiger partial charge in [-0.15, -0.1) is 12.4 Å². The van der Waals surface area contributed by atoms with Gasteiger partial charge in [-0.25, -0.2) is 0 Å². The normalized spacial score (nSPS) is 14.8. The van der Waals surface area contributed by atoms with Crippen LogP contribution in [0.15, 0.2) is 18.2 Å². The molecule has 0 spiro atoms. The second kappa shape index (κ2) is 9.06. The van der Waals surface area contributed by atoms with Crippen molar-refractivity contribution >= 4 is 18.3 Å². The summed E-state index contributed by atoms with van der Waals surface area (Å²) in [5, 5.41) is 6.16. The van der Waals surface area contributed by atoms with Gasteiger partial charge in [0, 0.05) is 6.42 Å². The van der Waals surface area contributed by atoms with Gasteiger partial charge in [0.05, 0.1) is 6.04 Å². The Morgan fingerprint density at radius 1 is 1.24 bits per heavy atom. The summed E-state index contributed by atoms with van der Waals surface area (Å²) in [4.78, 5) is 11.9. The van der Waals surface area contributed by atoms with E-state index in [4.69, 9.17) is 0 Å². The Kier molecular flexibility index (Phi) is 7.76. The standard InChI is InChI=1S/C17H26N2O.ClH/c1-13(19-17(20)8-5-11-18-2)15-10-9-14-6-3-4-7-16(14)12-15;/h9-10,12-13,18H,3-8,11H2,1-2H3,(H,19,20);1H. The van der Waals surface area contributed by atoms with Crippen LogP contribution in [0.1, 0.15) is 55.3 Å². The summed E-state index contributed by atoms with van der Waals surface area (Å²) < 4.78 is 0. The highest BCUT2D eigenvalue weighted by atomic mass is 35.5. The lowest BCUT2D eigenvalue weighted by Crippen LogP contribution is -2.27. The van der Waals surface area contributed by atoms with Crippen LogP contribution >= 0.6 is 12.4 Å². The van der Waals surface area contributed by atoms with Crippen molar-refractivity contribution in [1.82, 2.24) is 10.6 Å². The summed E-state index contributed by atoms with van der Waals surface area (Å²) in [7, 11) is 1.91.